The summed E-state index contributed by atoms with van der Waals surface area (Å²) in [5.41, 5.74) is 11.1. The Balaban J connectivity index is 1.76. The molecule has 0 saturated heterocycles. The molecule has 0 radical (unpaired) electrons. The van der Waals surface area contributed by atoms with Crippen LogP contribution < -0.4 is 5.73 Å². The van der Waals surface area contributed by atoms with E-state index in [9.17, 15) is 0 Å². The highest BCUT2D eigenvalue weighted by Crippen LogP contribution is 2.42. The van der Waals surface area contributed by atoms with E-state index in [1.54, 1.807) is 18.8 Å². The van der Waals surface area contributed by atoms with Crippen LogP contribution in [0.25, 0.3) is 0 Å². The molecule has 0 aromatic heterocycles. The third-order valence-electron chi connectivity index (χ3n) is 4.80. The molecule has 4 nitrogen and oxygen atoms in total. The van der Waals surface area contributed by atoms with Gasteiger partial charge < -0.3 is 5.73 Å². The highest BCUT2D eigenvalue weighted by atomic mass is 15.0. The molecule has 0 fully saturated rings. The number of hydrogen-bond acceptors (Lipinski definition) is 4. The maximum atomic E-state index is 5.78. The van der Waals surface area contributed by atoms with Gasteiger partial charge in [-0.2, -0.15) is 0 Å². The second kappa shape index (κ2) is 6.42. The topological polar surface area (TPSA) is 63.1 Å². The van der Waals surface area contributed by atoms with E-state index in [1.165, 1.54) is 11.3 Å². The monoisotopic (exact) mass is 296 g/mol. The van der Waals surface area contributed by atoms with Gasteiger partial charge in [-0.15, -0.1) is 0 Å². The van der Waals surface area contributed by atoms with Crippen LogP contribution in [-0.2, 0) is 0 Å². The van der Waals surface area contributed by atoms with E-state index in [0.29, 0.717) is 11.8 Å². The summed E-state index contributed by atoms with van der Waals surface area (Å²) in [6, 6.07) is 0. The second-order valence-corrected chi connectivity index (χ2v) is 6.08. The van der Waals surface area contributed by atoms with E-state index < -0.39 is 0 Å². The molecule has 22 heavy (non-hydrogen) atoms. The van der Waals surface area contributed by atoms with Crippen LogP contribution in [0.5, 0.6) is 0 Å². The second-order valence-electron chi connectivity index (χ2n) is 6.08. The van der Waals surface area contributed by atoms with E-state index >= 15 is 0 Å². The van der Waals surface area contributed by atoms with Crippen molar-refractivity contribution in [1.82, 2.24) is 0 Å². The maximum Gasteiger partial charge on any atom is 0.130 e. The van der Waals surface area contributed by atoms with E-state index in [-0.39, 0.29) is 0 Å². The van der Waals surface area contributed by atoms with E-state index in [2.05, 4.69) is 34.1 Å². The van der Waals surface area contributed by atoms with Gasteiger partial charge >= 0.3 is 0 Å². The molecule has 2 N–H and O–H groups in total. The molecule has 0 aromatic carbocycles. The van der Waals surface area contributed by atoms with Gasteiger partial charge in [0.2, 0.25) is 0 Å². The number of nitrogens with zero attached hydrogens (tertiary/aromatic N) is 3. The first-order chi connectivity index (χ1) is 10.8. The third-order valence-corrected chi connectivity index (χ3v) is 4.80. The lowest BCUT2D eigenvalue weighted by atomic mass is 9.86. The fourth-order valence-electron chi connectivity index (χ4n) is 3.59. The molecule has 4 heteroatoms. The zero-order valence-corrected chi connectivity index (χ0v) is 13.4. The zero-order chi connectivity index (χ0) is 15.5. The number of allylic oxidation sites excluding steroid dienone is 4. The number of hydrogen-bond donors (Lipinski definition) is 1. The largest absolute Gasteiger partial charge is 0.404 e. The van der Waals surface area contributed by atoms with Crippen molar-refractivity contribution in [2.75, 3.05) is 13.6 Å². The normalized spacial score (nSPS) is 28.4. The summed E-state index contributed by atoms with van der Waals surface area (Å²) in [5.74, 6) is 1.78. The summed E-state index contributed by atoms with van der Waals surface area (Å²) in [6.07, 6.45) is 12.5. The van der Waals surface area contributed by atoms with Crippen LogP contribution in [0.15, 0.2) is 50.0 Å². The molecular formula is C18H24N4. The molecule has 2 atom stereocenters. The molecule has 0 bridgehead atoms. The van der Waals surface area contributed by atoms with Gasteiger partial charge in [0.05, 0.1) is 6.54 Å². The van der Waals surface area contributed by atoms with Crippen molar-refractivity contribution in [2.45, 2.75) is 32.6 Å². The number of aliphatic imine (C=N–C) groups is 3. The van der Waals surface area contributed by atoms with Crippen LogP contribution in [0.3, 0.4) is 0 Å². The van der Waals surface area contributed by atoms with E-state index in [0.717, 1.165) is 43.6 Å². The number of rotatable bonds is 4. The van der Waals surface area contributed by atoms with Gasteiger partial charge in [0, 0.05) is 30.8 Å². The summed E-state index contributed by atoms with van der Waals surface area (Å²) in [6.45, 7) is 2.93. The van der Waals surface area contributed by atoms with Crippen molar-refractivity contribution in [3.05, 3.63) is 35.1 Å². The highest BCUT2D eigenvalue weighted by Gasteiger charge is 2.31. The summed E-state index contributed by atoms with van der Waals surface area (Å²) < 4.78 is 0. The van der Waals surface area contributed by atoms with Gasteiger partial charge in [-0.3, -0.25) is 9.98 Å². The van der Waals surface area contributed by atoms with Crippen molar-refractivity contribution in [3.63, 3.8) is 0 Å². The smallest absolute Gasteiger partial charge is 0.130 e. The predicted octanol–water partition coefficient (Wildman–Crippen LogP) is 3.08. The standard InChI is InChI=1S/C18H24N4/c1-3-15-11-21-18(22-15)13-5-7-16-12(8-13)4-6-17(16)14(9-19)10-20-2/h5,7,9-10,13,17H,3-4,6,8,11,19H2,1-2H3. The van der Waals surface area contributed by atoms with Crippen LogP contribution in [-0.4, -0.2) is 31.4 Å². The molecule has 2 aliphatic carbocycles. The highest BCUT2D eigenvalue weighted by molar-refractivity contribution is 6.05. The molecule has 0 amide bonds. The van der Waals surface area contributed by atoms with Crippen LogP contribution >= 0.6 is 0 Å². The van der Waals surface area contributed by atoms with E-state index in [4.69, 9.17) is 5.73 Å². The average molecular weight is 296 g/mol. The summed E-state index contributed by atoms with van der Waals surface area (Å²) >= 11 is 0. The van der Waals surface area contributed by atoms with Crippen LogP contribution in [0, 0.1) is 11.8 Å². The molecule has 1 aliphatic heterocycles. The lowest BCUT2D eigenvalue weighted by Crippen LogP contribution is -2.14. The minimum absolute atomic E-state index is 0.353. The molecule has 1 heterocycles. The van der Waals surface area contributed by atoms with Gasteiger partial charge in [0.15, 0.2) is 0 Å². The molecule has 116 valence electrons. The Morgan fingerprint density at radius 1 is 1.50 bits per heavy atom. The number of amidine groups is 1. The fraction of sp³-hybridized carbons (Fsp3) is 0.500. The van der Waals surface area contributed by atoms with Crippen molar-refractivity contribution in [3.8, 4) is 0 Å². The van der Waals surface area contributed by atoms with Gasteiger partial charge in [-0.25, -0.2) is 4.99 Å². The van der Waals surface area contributed by atoms with Crippen LogP contribution in [0.1, 0.15) is 32.6 Å². The predicted molar refractivity (Wildman–Crippen MR) is 93.7 cm³/mol. The lowest BCUT2D eigenvalue weighted by molar-refractivity contribution is 0.725. The maximum absolute atomic E-state index is 5.78. The minimum atomic E-state index is 0.353. The Labute approximate surface area is 132 Å². The fourth-order valence-corrected chi connectivity index (χ4v) is 3.59. The molecule has 0 saturated carbocycles. The van der Waals surface area contributed by atoms with Crippen LogP contribution in [0.4, 0.5) is 0 Å². The molecule has 0 aromatic rings. The quantitative estimate of drug-likeness (QED) is 0.796. The van der Waals surface area contributed by atoms with E-state index in [1.807, 2.05) is 6.21 Å². The van der Waals surface area contributed by atoms with Crippen molar-refractivity contribution in [1.29, 1.82) is 0 Å². The number of nitrogens with two attached hydrogens (primary N) is 1. The van der Waals surface area contributed by atoms with Gasteiger partial charge in [-0.1, -0.05) is 24.6 Å². The van der Waals surface area contributed by atoms with Crippen LogP contribution in [0.2, 0.25) is 0 Å². The Hall–Kier alpha value is -1.97. The Kier molecular flexibility index (Phi) is 4.36. The first kappa shape index (κ1) is 14.9. The minimum Gasteiger partial charge on any atom is -0.404 e. The first-order valence-electron chi connectivity index (χ1n) is 8.11. The molecule has 3 rings (SSSR count). The summed E-state index contributed by atoms with van der Waals surface area (Å²) in [5, 5.41) is 0. The van der Waals surface area contributed by atoms with Gasteiger partial charge in [0.1, 0.15) is 5.84 Å². The summed E-state index contributed by atoms with van der Waals surface area (Å²) in [4.78, 5) is 13.4. The molecule has 3 aliphatic rings. The lowest BCUT2D eigenvalue weighted by Gasteiger charge is -2.20. The Bertz CT molecular complexity index is 631. The Morgan fingerprint density at radius 3 is 3.05 bits per heavy atom. The molecule has 2 unspecified atom stereocenters. The third kappa shape index (κ3) is 2.70. The molecular weight excluding hydrogens is 272 g/mol. The zero-order valence-electron chi connectivity index (χ0n) is 13.4. The first-order valence-corrected chi connectivity index (χ1v) is 8.11. The summed E-state index contributed by atoms with van der Waals surface area (Å²) in [7, 11) is 1.79. The van der Waals surface area contributed by atoms with Gasteiger partial charge in [0.25, 0.3) is 0 Å². The Morgan fingerprint density at radius 2 is 2.36 bits per heavy atom. The SMILES string of the molecule is CCC1=NC(C2C=CC3=C(CCC3C(C=NC)=CN)C2)=NC1. The average Bonchev–Trinajstić information content (AvgIpc) is 3.18. The molecule has 0 spiro atoms. The van der Waals surface area contributed by atoms with Gasteiger partial charge in [-0.05, 0) is 43.0 Å². The van der Waals surface area contributed by atoms with Crippen molar-refractivity contribution < 1.29 is 0 Å². The van der Waals surface area contributed by atoms with Crippen molar-refractivity contribution >= 4 is 17.8 Å². The van der Waals surface area contributed by atoms with Crippen molar-refractivity contribution in [2.24, 2.45) is 32.5 Å².